The van der Waals surface area contributed by atoms with Crippen LogP contribution in [0.15, 0.2) is 67.0 Å². The second kappa shape index (κ2) is 8.15. The average molecular weight is 474 g/mol. The third kappa shape index (κ3) is 3.54. The van der Waals surface area contributed by atoms with Crippen LogP contribution in [-0.2, 0) is 16.8 Å². The molecular weight excluding hydrogens is 450 g/mol. The number of likely N-dealkylation sites (tertiary alicyclic amines) is 1. The maximum atomic E-state index is 13.4. The van der Waals surface area contributed by atoms with E-state index >= 15 is 0 Å². The summed E-state index contributed by atoms with van der Waals surface area (Å²) in [6.45, 7) is 0.977. The number of carbonyl (C=O) groups is 1. The van der Waals surface area contributed by atoms with Gasteiger partial charge in [0.2, 0.25) is 0 Å². The summed E-state index contributed by atoms with van der Waals surface area (Å²) in [5.41, 5.74) is 3.54. The van der Waals surface area contributed by atoms with Crippen LogP contribution in [0.1, 0.15) is 24.0 Å². The highest BCUT2D eigenvalue weighted by Crippen LogP contribution is 2.43. The minimum Gasteiger partial charge on any atom is -0.479 e. The second-order valence-electron chi connectivity index (χ2n) is 9.07. The quantitative estimate of drug-likeness (QED) is 0.452. The Morgan fingerprint density at radius 2 is 1.91 bits per heavy atom. The lowest BCUT2D eigenvalue weighted by Gasteiger charge is -2.39. The number of piperidine rings is 1. The van der Waals surface area contributed by atoms with Crippen LogP contribution in [0, 0.1) is 0 Å². The molecule has 1 unspecified atom stereocenters. The number of aromatic amines is 1. The molecule has 0 bridgehead atoms. The highest BCUT2D eigenvalue weighted by molar-refractivity contribution is 6.31. The van der Waals surface area contributed by atoms with Crippen LogP contribution in [0.4, 0.5) is 0 Å². The zero-order valence-electron chi connectivity index (χ0n) is 18.5. The van der Waals surface area contributed by atoms with Crippen molar-refractivity contribution >= 4 is 28.5 Å². The lowest BCUT2D eigenvalue weighted by molar-refractivity contribution is -0.142. The molecular formula is C27H24ClN3O3. The van der Waals surface area contributed by atoms with Crippen molar-refractivity contribution in [1.29, 1.82) is 0 Å². The van der Waals surface area contributed by atoms with E-state index in [1.165, 1.54) is 0 Å². The number of fused-ring (bicyclic) bond motifs is 2. The van der Waals surface area contributed by atoms with E-state index in [9.17, 15) is 9.90 Å². The van der Waals surface area contributed by atoms with E-state index in [1.54, 1.807) is 6.20 Å². The molecule has 1 saturated heterocycles. The van der Waals surface area contributed by atoms with Crippen LogP contribution in [-0.4, -0.2) is 45.1 Å². The van der Waals surface area contributed by atoms with Crippen molar-refractivity contribution < 1.29 is 14.6 Å². The van der Waals surface area contributed by atoms with Crippen molar-refractivity contribution in [2.75, 3.05) is 13.1 Å². The van der Waals surface area contributed by atoms with Crippen LogP contribution in [0.3, 0.4) is 0 Å². The van der Waals surface area contributed by atoms with Crippen molar-refractivity contribution in [3.8, 4) is 16.9 Å². The van der Waals surface area contributed by atoms with Gasteiger partial charge in [-0.3, -0.25) is 4.79 Å². The monoisotopic (exact) mass is 473 g/mol. The predicted octanol–water partition coefficient (Wildman–Crippen LogP) is 4.70. The number of pyridine rings is 1. The highest BCUT2D eigenvalue weighted by Gasteiger charge is 2.39. The Balaban J connectivity index is 1.23. The normalized spacial score (nSPS) is 19.1. The molecule has 2 aliphatic heterocycles. The van der Waals surface area contributed by atoms with Crippen LogP contribution in [0.2, 0.25) is 5.02 Å². The number of amides is 1. The lowest BCUT2D eigenvalue weighted by Crippen LogP contribution is -2.49. The minimum absolute atomic E-state index is 0.0464. The van der Waals surface area contributed by atoms with Crippen LogP contribution in [0.5, 0.6) is 5.75 Å². The molecule has 172 valence electrons. The fraction of sp³-hybridized carbons (Fsp3) is 0.259. The number of aromatic nitrogens is 2. The van der Waals surface area contributed by atoms with Crippen molar-refractivity contribution in [2.24, 2.45) is 0 Å². The zero-order valence-corrected chi connectivity index (χ0v) is 19.3. The molecule has 0 saturated carbocycles. The topological polar surface area (TPSA) is 78.5 Å². The smallest absolute Gasteiger partial charge is 0.263 e. The second-order valence-corrected chi connectivity index (χ2v) is 9.51. The van der Waals surface area contributed by atoms with Gasteiger partial charge in [0.1, 0.15) is 11.4 Å². The molecule has 4 aromatic rings. The fourth-order valence-electron chi connectivity index (χ4n) is 5.20. The fourth-order valence-corrected chi connectivity index (χ4v) is 5.44. The molecule has 0 aliphatic carbocycles. The largest absolute Gasteiger partial charge is 0.479 e. The Bertz CT molecular complexity index is 1380. The van der Waals surface area contributed by atoms with Gasteiger partial charge in [-0.25, -0.2) is 4.98 Å². The molecule has 6 rings (SSSR count). The first-order chi connectivity index (χ1) is 16.5. The van der Waals surface area contributed by atoms with E-state index in [-0.39, 0.29) is 5.91 Å². The summed E-state index contributed by atoms with van der Waals surface area (Å²) in [7, 11) is 0. The number of H-pyrrole nitrogens is 1. The first kappa shape index (κ1) is 21.2. The van der Waals surface area contributed by atoms with E-state index in [4.69, 9.17) is 16.3 Å². The zero-order chi connectivity index (χ0) is 23.3. The number of hydrogen-bond acceptors (Lipinski definition) is 4. The SMILES string of the molecule is O=C(C1Cc2cc(Cl)cc(-c3ccnc4[nH]ccc34)c2O1)N1CCC(O)(c2ccccc2)CC1. The summed E-state index contributed by atoms with van der Waals surface area (Å²) in [5.74, 6) is 0.657. The number of rotatable bonds is 3. The summed E-state index contributed by atoms with van der Waals surface area (Å²) in [6, 6.07) is 17.4. The van der Waals surface area contributed by atoms with Gasteiger partial charge >= 0.3 is 0 Å². The maximum Gasteiger partial charge on any atom is 0.263 e. The predicted molar refractivity (Wildman–Crippen MR) is 131 cm³/mol. The number of aliphatic hydroxyl groups is 1. The number of halogens is 1. The molecule has 2 aromatic heterocycles. The van der Waals surface area contributed by atoms with Gasteiger partial charge in [-0.05, 0) is 48.2 Å². The van der Waals surface area contributed by atoms with E-state index in [1.807, 2.05) is 65.7 Å². The minimum atomic E-state index is -0.901. The van der Waals surface area contributed by atoms with Gasteiger partial charge in [-0.2, -0.15) is 0 Å². The third-order valence-corrected chi connectivity index (χ3v) is 7.25. The van der Waals surface area contributed by atoms with Crippen molar-refractivity contribution in [3.63, 3.8) is 0 Å². The Morgan fingerprint density at radius 1 is 1.12 bits per heavy atom. The summed E-state index contributed by atoms with van der Waals surface area (Å²) in [6.07, 6.45) is 4.48. The summed E-state index contributed by atoms with van der Waals surface area (Å²) in [4.78, 5) is 22.7. The van der Waals surface area contributed by atoms with Gasteiger partial charge in [0.15, 0.2) is 6.10 Å². The van der Waals surface area contributed by atoms with Gasteiger partial charge in [-0.1, -0.05) is 41.9 Å². The summed E-state index contributed by atoms with van der Waals surface area (Å²) in [5, 5.41) is 12.7. The molecule has 1 amide bonds. The number of carbonyl (C=O) groups excluding carboxylic acids is 1. The Hall–Kier alpha value is -3.35. The Labute approximate surface area is 202 Å². The van der Waals surface area contributed by atoms with Gasteiger partial charge in [0, 0.05) is 53.4 Å². The molecule has 7 heteroatoms. The summed E-state index contributed by atoms with van der Waals surface area (Å²) >= 11 is 6.47. The number of nitrogens with zero attached hydrogens (tertiary/aromatic N) is 2. The molecule has 1 fully saturated rings. The van der Waals surface area contributed by atoms with Gasteiger partial charge < -0.3 is 19.7 Å². The molecule has 0 spiro atoms. The standard InChI is InChI=1S/C27H24ClN3O3/c28-19-14-17-15-23(26(32)31-12-8-27(33,9-13-31)18-4-2-1-3-5-18)34-24(17)22(16-19)20-6-10-29-25-21(20)7-11-30-25/h1-7,10-11,14,16,23,33H,8-9,12-13,15H2,(H,29,30). The average Bonchev–Trinajstić information content (AvgIpc) is 3.51. The van der Waals surface area contributed by atoms with E-state index < -0.39 is 11.7 Å². The summed E-state index contributed by atoms with van der Waals surface area (Å²) < 4.78 is 6.28. The van der Waals surface area contributed by atoms with Crippen molar-refractivity contribution in [2.45, 2.75) is 31.0 Å². The molecule has 1 atom stereocenters. The first-order valence-corrected chi connectivity index (χ1v) is 11.9. The molecule has 6 nitrogen and oxygen atoms in total. The number of ether oxygens (including phenoxy) is 1. The van der Waals surface area contributed by atoms with E-state index in [2.05, 4.69) is 9.97 Å². The van der Waals surface area contributed by atoms with Crippen molar-refractivity contribution in [1.82, 2.24) is 14.9 Å². The Morgan fingerprint density at radius 3 is 2.71 bits per heavy atom. The van der Waals surface area contributed by atoms with Crippen molar-refractivity contribution in [3.05, 3.63) is 83.1 Å². The van der Waals surface area contributed by atoms with Gasteiger partial charge in [-0.15, -0.1) is 0 Å². The lowest BCUT2D eigenvalue weighted by atomic mass is 9.84. The van der Waals surface area contributed by atoms with Crippen LogP contribution in [0.25, 0.3) is 22.2 Å². The van der Waals surface area contributed by atoms with Crippen LogP contribution < -0.4 is 4.74 Å². The maximum absolute atomic E-state index is 13.4. The first-order valence-electron chi connectivity index (χ1n) is 11.5. The molecule has 4 heterocycles. The van der Waals surface area contributed by atoms with Gasteiger partial charge in [0.25, 0.3) is 5.91 Å². The Kier molecular flexibility index (Phi) is 5.08. The van der Waals surface area contributed by atoms with E-state index in [0.717, 1.165) is 33.3 Å². The highest BCUT2D eigenvalue weighted by atomic mass is 35.5. The molecule has 2 aliphatic rings. The molecule has 2 N–H and O–H groups in total. The molecule has 34 heavy (non-hydrogen) atoms. The third-order valence-electron chi connectivity index (χ3n) is 7.04. The van der Waals surface area contributed by atoms with Crippen LogP contribution >= 0.6 is 11.6 Å². The van der Waals surface area contributed by atoms with E-state index in [0.29, 0.717) is 43.1 Å². The number of hydrogen-bond donors (Lipinski definition) is 2. The molecule has 2 aromatic carbocycles. The number of benzene rings is 2. The van der Waals surface area contributed by atoms with Gasteiger partial charge in [0.05, 0.1) is 5.60 Å². The molecule has 0 radical (unpaired) electrons. The number of nitrogens with one attached hydrogen (secondary N) is 1.